The predicted molar refractivity (Wildman–Crippen MR) is 101 cm³/mol. The van der Waals surface area contributed by atoms with Crippen molar-refractivity contribution in [1.29, 1.82) is 0 Å². The van der Waals surface area contributed by atoms with Crippen LogP contribution in [0.15, 0.2) is 42.5 Å². The molecule has 0 aliphatic carbocycles. The molecule has 2 heterocycles. The van der Waals surface area contributed by atoms with Gasteiger partial charge in [-0.05, 0) is 49.6 Å². The van der Waals surface area contributed by atoms with Gasteiger partial charge in [-0.2, -0.15) is 0 Å². The lowest BCUT2D eigenvalue weighted by Gasteiger charge is -2.30. The summed E-state index contributed by atoms with van der Waals surface area (Å²) < 4.78 is 27.9. The van der Waals surface area contributed by atoms with Crippen LogP contribution in [0.3, 0.4) is 0 Å². The normalized spacial score (nSPS) is 21.2. The number of benzene rings is 2. The highest BCUT2D eigenvalue weighted by Crippen LogP contribution is 2.32. The van der Waals surface area contributed by atoms with Crippen molar-refractivity contribution in [2.45, 2.75) is 25.3 Å². The lowest BCUT2D eigenvalue weighted by molar-refractivity contribution is -0.134. The summed E-state index contributed by atoms with van der Waals surface area (Å²) in [5.74, 6) is -2.76. The smallest absolute Gasteiger partial charge is 0.319 e. The summed E-state index contributed by atoms with van der Waals surface area (Å²) in [6.07, 6.45) is 1.62. The number of urea groups is 1. The molecule has 1 saturated heterocycles. The van der Waals surface area contributed by atoms with Crippen LogP contribution >= 0.6 is 0 Å². The molecule has 2 aliphatic rings. The van der Waals surface area contributed by atoms with Gasteiger partial charge in [-0.1, -0.05) is 18.2 Å². The van der Waals surface area contributed by atoms with E-state index in [4.69, 9.17) is 0 Å². The summed E-state index contributed by atoms with van der Waals surface area (Å²) in [5, 5.41) is 2.40. The molecule has 0 aromatic heterocycles. The van der Waals surface area contributed by atoms with Gasteiger partial charge in [0, 0.05) is 17.8 Å². The van der Waals surface area contributed by atoms with E-state index in [1.54, 1.807) is 4.90 Å². The summed E-state index contributed by atoms with van der Waals surface area (Å²) >= 11 is 0. The Hall–Kier alpha value is -3.29. The number of aryl methyl sites for hydroxylation is 1. The highest BCUT2D eigenvalue weighted by Gasteiger charge is 2.51. The molecule has 29 heavy (non-hydrogen) atoms. The van der Waals surface area contributed by atoms with E-state index in [2.05, 4.69) is 5.32 Å². The predicted octanol–water partition coefficient (Wildman–Crippen LogP) is 2.71. The molecule has 1 fully saturated rings. The molecule has 0 saturated carbocycles. The maximum absolute atomic E-state index is 14.2. The van der Waals surface area contributed by atoms with Crippen LogP contribution in [0.4, 0.5) is 19.3 Å². The monoisotopic (exact) mass is 399 g/mol. The molecule has 2 aliphatic heterocycles. The fourth-order valence-corrected chi connectivity index (χ4v) is 3.92. The van der Waals surface area contributed by atoms with Crippen LogP contribution in [0, 0.1) is 11.6 Å². The molecule has 0 spiro atoms. The molecule has 0 unspecified atom stereocenters. The first-order valence-electron chi connectivity index (χ1n) is 9.29. The fourth-order valence-electron chi connectivity index (χ4n) is 3.92. The molecule has 0 bridgehead atoms. The summed E-state index contributed by atoms with van der Waals surface area (Å²) in [4.78, 5) is 40.6. The highest BCUT2D eigenvalue weighted by atomic mass is 19.1. The maximum atomic E-state index is 14.2. The number of anilines is 1. The number of para-hydroxylation sites is 1. The minimum absolute atomic E-state index is 0.283. The maximum Gasteiger partial charge on any atom is 0.325 e. The van der Waals surface area contributed by atoms with Gasteiger partial charge in [0.1, 0.15) is 23.7 Å². The van der Waals surface area contributed by atoms with Crippen molar-refractivity contribution in [3.05, 3.63) is 65.2 Å². The number of carbonyl (C=O) groups excluding carboxylic acids is 3. The first kappa shape index (κ1) is 19.0. The fraction of sp³-hybridized carbons (Fsp3) is 0.286. The molecule has 2 aromatic carbocycles. The van der Waals surface area contributed by atoms with E-state index in [-0.39, 0.29) is 5.56 Å². The van der Waals surface area contributed by atoms with Crippen molar-refractivity contribution in [1.82, 2.24) is 10.2 Å². The zero-order valence-electron chi connectivity index (χ0n) is 15.7. The Morgan fingerprint density at radius 1 is 1.17 bits per heavy atom. The number of nitrogens with one attached hydrogen (secondary N) is 1. The number of amides is 4. The number of halogens is 2. The average Bonchev–Trinajstić information content (AvgIpc) is 2.93. The second kappa shape index (κ2) is 6.95. The molecular weight excluding hydrogens is 380 g/mol. The molecule has 4 amide bonds. The number of carbonyl (C=O) groups is 3. The Balaban J connectivity index is 1.59. The van der Waals surface area contributed by atoms with Crippen molar-refractivity contribution >= 4 is 23.5 Å². The third kappa shape index (κ3) is 3.14. The zero-order chi connectivity index (χ0) is 20.8. The SMILES string of the molecule is C[C@@]1(c2cc(F)ccc2F)NC(=O)N(CC(=O)N2CCCc3ccccc32)C1=O. The number of rotatable bonds is 3. The van der Waals surface area contributed by atoms with E-state index in [0.717, 1.165) is 47.2 Å². The van der Waals surface area contributed by atoms with Gasteiger partial charge < -0.3 is 10.2 Å². The van der Waals surface area contributed by atoms with Gasteiger partial charge in [0.2, 0.25) is 5.91 Å². The molecule has 1 N–H and O–H groups in total. The Morgan fingerprint density at radius 2 is 1.93 bits per heavy atom. The molecule has 6 nitrogen and oxygen atoms in total. The minimum atomic E-state index is -1.79. The molecule has 1 atom stereocenters. The van der Waals surface area contributed by atoms with E-state index in [1.807, 2.05) is 24.3 Å². The van der Waals surface area contributed by atoms with E-state index < -0.39 is 41.6 Å². The molecule has 150 valence electrons. The minimum Gasteiger partial charge on any atom is -0.319 e. The zero-order valence-corrected chi connectivity index (χ0v) is 15.7. The van der Waals surface area contributed by atoms with Crippen molar-refractivity contribution in [3.8, 4) is 0 Å². The Bertz CT molecular complexity index is 1030. The van der Waals surface area contributed by atoms with Crippen LogP contribution in [-0.4, -0.2) is 35.8 Å². The second-order valence-corrected chi connectivity index (χ2v) is 7.35. The Morgan fingerprint density at radius 3 is 2.72 bits per heavy atom. The van der Waals surface area contributed by atoms with Gasteiger partial charge in [0.05, 0.1) is 0 Å². The molecule has 4 rings (SSSR count). The Kier molecular flexibility index (Phi) is 4.56. The Labute approximate surface area is 166 Å². The quantitative estimate of drug-likeness (QED) is 0.807. The van der Waals surface area contributed by atoms with Crippen LogP contribution in [0.25, 0.3) is 0 Å². The van der Waals surface area contributed by atoms with E-state index in [9.17, 15) is 23.2 Å². The van der Waals surface area contributed by atoms with E-state index >= 15 is 0 Å². The van der Waals surface area contributed by atoms with Crippen LogP contribution < -0.4 is 10.2 Å². The van der Waals surface area contributed by atoms with Crippen LogP contribution in [-0.2, 0) is 21.5 Å². The lowest BCUT2D eigenvalue weighted by atomic mass is 9.91. The largest absolute Gasteiger partial charge is 0.325 e. The topological polar surface area (TPSA) is 69.7 Å². The number of hydrogen-bond acceptors (Lipinski definition) is 3. The van der Waals surface area contributed by atoms with E-state index in [1.165, 1.54) is 6.92 Å². The first-order valence-corrected chi connectivity index (χ1v) is 9.29. The first-order chi connectivity index (χ1) is 13.8. The summed E-state index contributed by atoms with van der Waals surface area (Å²) in [7, 11) is 0. The van der Waals surface area contributed by atoms with Crippen LogP contribution in [0.2, 0.25) is 0 Å². The number of imide groups is 1. The number of hydrogen-bond donors (Lipinski definition) is 1. The van der Waals surface area contributed by atoms with Crippen molar-refractivity contribution in [2.75, 3.05) is 18.0 Å². The van der Waals surface area contributed by atoms with Crippen molar-refractivity contribution in [2.24, 2.45) is 0 Å². The average molecular weight is 399 g/mol. The second-order valence-electron chi connectivity index (χ2n) is 7.35. The van der Waals surface area contributed by atoms with E-state index in [0.29, 0.717) is 6.54 Å². The summed E-state index contributed by atoms with van der Waals surface area (Å²) in [6.45, 7) is 1.30. The molecule has 2 aromatic rings. The molecular formula is C21H19F2N3O3. The van der Waals surface area contributed by atoms with Gasteiger partial charge in [-0.3, -0.25) is 14.5 Å². The molecule has 8 heteroatoms. The van der Waals surface area contributed by atoms with Gasteiger partial charge in [-0.25, -0.2) is 13.6 Å². The third-order valence-electron chi connectivity index (χ3n) is 5.45. The number of nitrogens with zero attached hydrogens (tertiary/aromatic N) is 2. The van der Waals surface area contributed by atoms with Gasteiger partial charge >= 0.3 is 6.03 Å². The summed E-state index contributed by atoms with van der Waals surface area (Å²) in [6, 6.07) is 9.36. The van der Waals surface area contributed by atoms with Crippen LogP contribution in [0.5, 0.6) is 0 Å². The lowest BCUT2D eigenvalue weighted by Crippen LogP contribution is -2.46. The molecule has 0 radical (unpaired) electrons. The number of fused-ring (bicyclic) bond motifs is 1. The third-order valence-corrected chi connectivity index (χ3v) is 5.45. The van der Waals surface area contributed by atoms with Crippen molar-refractivity contribution < 1.29 is 23.2 Å². The van der Waals surface area contributed by atoms with Gasteiger partial charge in [-0.15, -0.1) is 0 Å². The van der Waals surface area contributed by atoms with Crippen LogP contribution in [0.1, 0.15) is 24.5 Å². The standard InChI is InChI=1S/C21H19F2N3O3/c1-21(15-11-14(22)8-9-16(15)23)19(28)26(20(29)24-21)12-18(27)25-10-4-6-13-5-2-3-7-17(13)25/h2-3,5,7-9,11H,4,6,10,12H2,1H3,(H,24,29)/t21-/m0/s1. The highest BCUT2D eigenvalue weighted by molar-refractivity contribution is 6.10. The van der Waals surface area contributed by atoms with Gasteiger partial charge in [0.25, 0.3) is 5.91 Å². The van der Waals surface area contributed by atoms with Gasteiger partial charge in [0.15, 0.2) is 0 Å². The van der Waals surface area contributed by atoms with Crippen molar-refractivity contribution in [3.63, 3.8) is 0 Å². The summed E-state index contributed by atoms with van der Waals surface area (Å²) in [5.41, 5.74) is -0.289.